The Morgan fingerprint density at radius 2 is 1.67 bits per heavy atom. The highest BCUT2D eigenvalue weighted by atomic mass is 32.9. The second-order valence-electron chi connectivity index (χ2n) is 3.85. The summed E-state index contributed by atoms with van der Waals surface area (Å²) in [4.78, 5) is 0. The third-order valence-electron chi connectivity index (χ3n) is 1.16. The molecular formula is C10H19O2PS2. The second-order valence-corrected chi connectivity index (χ2v) is 9.77. The van der Waals surface area contributed by atoms with Crippen molar-refractivity contribution in [3.63, 3.8) is 0 Å². The van der Waals surface area contributed by atoms with E-state index in [4.69, 9.17) is 20.9 Å². The molecule has 88 valence electrons. The normalized spacial score (nSPS) is 12.1. The van der Waals surface area contributed by atoms with Gasteiger partial charge in [0, 0.05) is 16.8 Å². The smallest absolute Gasteiger partial charge is 0.259 e. The van der Waals surface area contributed by atoms with Crippen LogP contribution in [0.3, 0.4) is 0 Å². The van der Waals surface area contributed by atoms with Crippen molar-refractivity contribution in [3.8, 4) is 11.2 Å². The topological polar surface area (TPSA) is 18.5 Å². The maximum absolute atomic E-state index is 5.45. The minimum atomic E-state index is -2.23. The number of hydrogen-bond acceptors (Lipinski definition) is 4. The van der Waals surface area contributed by atoms with Crippen molar-refractivity contribution in [3.05, 3.63) is 0 Å². The van der Waals surface area contributed by atoms with Crippen molar-refractivity contribution in [2.24, 2.45) is 5.41 Å². The Bertz CT molecular complexity index is 276. The third-order valence-corrected chi connectivity index (χ3v) is 5.60. The monoisotopic (exact) mass is 266 g/mol. The van der Waals surface area contributed by atoms with Crippen molar-refractivity contribution in [1.82, 2.24) is 0 Å². The molecule has 0 atom stereocenters. The molecule has 0 bridgehead atoms. The van der Waals surface area contributed by atoms with Gasteiger partial charge in [0.25, 0.3) is 5.69 Å². The molecule has 5 heteroatoms. The summed E-state index contributed by atoms with van der Waals surface area (Å²) in [5.41, 5.74) is -2.24. The van der Waals surface area contributed by atoms with Crippen LogP contribution in [0.5, 0.6) is 0 Å². The van der Waals surface area contributed by atoms with Gasteiger partial charge in [-0.15, -0.1) is 0 Å². The van der Waals surface area contributed by atoms with Gasteiger partial charge in [0.1, 0.15) is 0 Å². The Morgan fingerprint density at radius 1 is 1.20 bits per heavy atom. The molecule has 2 nitrogen and oxygen atoms in total. The molecule has 0 aliphatic carbocycles. The molecule has 0 aromatic heterocycles. The van der Waals surface area contributed by atoms with Gasteiger partial charge in [-0.25, -0.2) is 0 Å². The summed E-state index contributed by atoms with van der Waals surface area (Å²) in [5.74, 6) is 3.11. The van der Waals surface area contributed by atoms with Crippen molar-refractivity contribution in [2.75, 3.05) is 13.2 Å². The summed E-state index contributed by atoms with van der Waals surface area (Å²) >= 11 is 6.64. The van der Waals surface area contributed by atoms with Crippen molar-refractivity contribution >= 4 is 28.9 Å². The van der Waals surface area contributed by atoms with Crippen LogP contribution in [-0.4, -0.2) is 13.2 Å². The van der Waals surface area contributed by atoms with Gasteiger partial charge in [0.05, 0.1) is 13.2 Å². The molecule has 0 rings (SSSR count). The summed E-state index contributed by atoms with van der Waals surface area (Å²) in [6.07, 6.45) is 0. The van der Waals surface area contributed by atoms with E-state index < -0.39 is 5.69 Å². The van der Waals surface area contributed by atoms with Crippen molar-refractivity contribution in [1.29, 1.82) is 0 Å². The fourth-order valence-corrected chi connectivity index (χ4v) is 4.30. The van der Waals surface area contributed by atoms with E-state index in [9.17, 15) is 0 Å². The second kappa shape index (κ2) is 6.93. The van der Waals surface area contributed by atoms with Gasteiger partial charge >= 0.3 is 0 Å². The molecule has 0 saturated carbocycles. The molecule has 0 unspecified atom stereocenters. The molecule has 0 aromatic carbocycles. The van der Waals surface area contributed by atoms with E-state index in [1.165, 1.54) is 11.4 Å². The summed E-state index contributed by atoms with van der Waals surface area (Å²) < 4.78 is 10.9. The maximum Gasteiger partial charge on any atom is 0.259 e. The minimum absolute atomic E-state index is 0.00834. The standard InChI is InChI=1S/C10H19O2PS2/c1-6-11-13(14,12-7-2)15-9-8-10(3,4)5/h6-7H2,1-5H3. The fraction of sp³-hybridized carbons (Fsp3) is 0.800. The Hall–Kier alpha value is 0.480. The summed E-state index contributed by atoms with van der Waals surface area (Å²) in [6.45, 7) is 11.2. The average molecular weight is 266 g/mol. The zero-order chi connectivity index (χ0) is 11.9. The summed E-state index contributed by atoms with van der Waals surface area (Å²) in [7, 11) is 0. The Balaban J connectivity index is 4.41. The van der Waals surface area contributed by atoms with Crippen LogP contribution in [0, 0.1) is 16.6 Å². The van der Waals surface area contributed by atoms with Crippen LogP contribution >= 0.6 is 17.1 Å². The Morgan fingerprint density at radius 3 is 2.00 bits per heavy atom. The molecule has 0 fully saturated rings. The lowest BCUT2D eigenvalue weighted by Crippen LogP contribution is -1.98. The predicted octanol–water partition coefficient (Wildman–Crippen LogP) is 4.02. The van der Waals surface area contributed by atoms with Crippen molar-refractivity contribution in [2.45, 2.75) is 34.6 Å². The highest BCUT2D eigenvalue weighted by Crippen LogP contribution is 2.60. The lowest BCUT2D eigenvalue weighted by molar-refractivity contribution is 0.281. The maximum atomic E-state index is 5.45. The quantitative estimate of drug-likeness (QED) is 0.552. The van der Waals surface area contributed by atoms with Crippen LogP contribution in [0.2, 0.25) is 0 Å². The van der Waals surface area contributed by atoms with E-state index in [1.807, 2.05) is 13.8 Å². The SMILES string of the molecule is CCOP(=S)(OCC)SC#CC(C)(C)C. The molecule has 0 heterocycles. The fourth-order valence-electron chi connectivity index (χ4n) is 0.638. The molecule has 0 radical (unpaired) electrons. The van der Waals surface area contributed by atoms with Crippen LogP contribution in [0.15, 0.2) is 0 Å². The zero-order valence-electron chi connectivity index (χ0n) is 9.99. The van der Waals surface area contributed by atoms with Gasteiger partial charge in [-0.2, -0.15) is 0 Å². The van der Waals surface area contributed by atoms with Crippen molar-refractivity contribution < 1.29 is 9.05 Å². The molecule has 0 saturated heterocycles. The van der Waals surface area contributed by atoms with Gasteiger partial charge in [-0.1, -0.05) is 5.92 Å². The molecule has 15 heavy (non-hydrogen) atoms. The van der Waals surface area contributed by atoms with Gasteiger partial charge in [0.2, 0.25) is 0 Å². The van der Waals surface area contributed by atoms with Crippen LogP contribution < -0.4 is 0 Å². The Kier molecular flexibility index (Phi) is 7.16. The molecular weight excluding hydrogens is 247 g/mol. The third kappa shape index (κ3) is 8.30. The predicted molar refractivity (Wildman–Crippen MR) is 72.4 cm³/mol. The van der Waals surface area contributed by atoms with Gasteiger partial charge in [-0.05, 0) is 51.7 Å². The van der Waals surface area contributed by atoms with E-state index >= 15 is 0 Å². The first-order chi connectivity index (χ1) is 6.83. The summed E-state index contributed by atoms with van der Waals surface area (Å²) in [5, 5.41) is 3.00. The lowest BCUT2D eigenvalue weighted by Gasteiger charge is -2.17. The number of hydrogen-bond donors (Lipinski definition) is 0. The molecule has 0 aliphatic rings. The molecule has 0 spiro atoms. The van der Waals surface area contributed by atoms with Crippen LogP contribution in [-0.2, 0) is 20.9 Å². The molecule has 0 N–H and O–H groups in total. The largest absolute Gasteiger partial charge is 0.321 e. The van der Waals surface area contributed by atoms with Gasteiger partial charge in [-0.3, -0.25) is 0 Å². The molecule has 0 aliphatic heterocycles. The first-order valence-electron chi connectivity index (χ1n) is 4.93. The van der Waals surface area contributed by atoms with E-state index in [1.54, 1.807) is 0 Å². The van der Waals surface area contributed by atoms with E-state index in [0.717, 1.165) is 0 Å². The van der Waals surface area contributed by atoms with E-state index in [0.29, 0.717) is 13.2 Å². The molecule has 0 amide bonds. The molecule has 0 aromatic rings. The van der Waals surface area contributed by atoms with Crippen LogP contribution in [0.4, 0.5) is 0 Å². The highest BCUT2D eigenvalue weighted by Gasteiger charge is 2.17. The minimum Gasteiger partial charge on any atom is -0.321 e. The first kappa shape index (κ1) is 15.5. The lowest BCUT2D eigenvalue weighted by atomic mass is 9.99. The highest BCUT2D eigenvalue weighted by molar-refractivity contribution is 8.69. The Labute approximate surface area is 102 Å². The average Bonchev–Trinajstić information content (AvgIpc) is 2.01. The van der Waals surface area contributed by atoms with E-state index in [-0.39, 0.29) is 5.41 Å². The zero-order valence-corrected chi connectivity index (χ0v) is 12.5. The van der Waals surface area contributed by atoms with Gasteiger partial charge in [0.15, 0.2) is 0 Å². The summed E-state index contributed by atoms with van der Waals surface area (Å²) in [6, 6.07) is 0. The first-order valence-corrected chi connectivity index (χ1v) is 8.99. The van der Waals surface area contributed by atoms with Gasteiger partial charge < -0.3 is 9.05 Å². The van der Waals surface area contributed by atoms with Crippen LogP contribution in [0.25, 0.3) is 0 Å². The van der Waals surface area contributed by atoms with E-state index in [2.05, 4.69) is 31.9 Å². The van der Waals surface area contributed by atoms with Crippen LogP contribution in [0.1, 0.15) is 34.6 Å². The number of rotatable bonds is 5.